The molecule has 0 bridgehead atoms. The van der Waals surface area contributed by atoms with Crippen molar-refractivity contribution in [1.82, 2.24) is 15.5 Å². The lowest BCUT2D eigenvalue weighted by Gasteiger charge is -2.27. The lowest BCUT2D eigenvalue weighted by atomic mass is 10.1. The molecule has 0 atom stereocenters. The Morgan fingerprint density at radius 3 is 2.32 bits per heavy atom. The SMILES string of the molecule is O=C(NCCCN1CCNCC1)c1c(F)c(F)cc(F)c1F. The molecule has 1 aromatic rings. The third kappa shape index (κ3) is 3.95. The number of hydrogen-bond donors (Lipinski definition) is 2. The summed E-state index contributed by atoms with van der Waals surface area (Å²) in [6.07, 6.45) is 0.576. The van der Waals surface area contributed by atoms with Crippen molar-refractivity contribution < 1.29 is 22.4 Å². The van der Waals surface area contributed by atoms with Crippen LogP contribution >= 0.6 is 0 Å². The molecule has 0 spiro atoms. The smallest absolute Gasteiger partial charge is 0.257 e. The van der Waals surface area contributed by atoms with Crippen molar-refractivity contribution in [2.45, 2.75) is 6.42 Å². The average molecular weight is 319 g/mol. The molecule has 1 aliphatic heterocycles. The third-order valence-electron chi connectivity index (χ3n) is 3.49. The normalized spacial score (nSPS) is 15.8. The minimum absolute atomic E-state index is 0.0752. The number of carbonyl (C=O) groups excluding carboxylic acids is 1. The van der Waals surface area contributed by atoms with Gasteiger partial charge in [-0.15, -0.1) is 0 Å². The lowest BCUT2D eigenvalue weighted by Crippen LogP contribution is -2.44. The Kier molecular flexibility index (Phi) is 5.73. The maximum atomic E-state index is 13.4. The van der Waals surface area contributed by atoms with Crippen LogP contribution < -0.4 is 10.6 Å². The standard InChI is InChI=1S/C14H17F4N3O/c15-9-8-10(16)13(18)11(12(9)17)14(22)20-2-1-5-21-6-3-19-4-7-21/h8,19H,1-7H2,(H,20,22). The summed E-state index contributed by atoms with van der Waals surface area (Å²) in [5, 5.41) is 5.48. The molecule has 122 valence electrons. The van der Waals surface area contributed by atoms with Gasteiger partial charge in [-0.3, -0.25) is 4.79 Å². The lowest BCUT2D eigenvalue weighted by molar-refractivity contribution is 0.0940. The summed E-state index contributed by atoms with van der Waals surface area (Å²) < 4.78 is 52.9. The van der Waals surface area contributed by atoms with Crippen LogP contribution in [0.1, 0.15) is 16.8 Å². The second-order valence-electron chi connectivity index (χ2n) is 5.04. The third-order valence-corrected chi connectivity index (χ3v) is 3.49. The summed E-state index contributed by atoms with van der Waals surface area (Å²) in [6, 6.07) is 0.0752. The van der Waals surface area contributed by atoms with Gasteiger partial charge in [-0.25, -0.2) is 17.6 Å². The van der Waals surface area contributed by atoms with E-state index in [0.29, 0.717) is 6.42 Å². The van der Waals surface area contributed by atoms with Crippen molar-refractivity contribution in [2.75, 3.05) is 39.3 Å². The molecule has 1 aromatic carbocycles. The number of halogens is 4. The van der Waals surface area contributed by atoms with E-state index in [1.807, 2.05) is 0 Å². The molecular weight excluding hydrogens is 302 g/mol. The highest BCUT2D eigenvalue weighted by Gasteiger charge is 2.24. The molecule has 2 N–H and O–H groups in total. The van der Waals surface area contributed by atoms with Gasteiger partial charge in [0.05, 0.1) is 0 Å². The fraction of sp³-hybridized carbons (Fsp3) is 0.500. The first kappa shape index (κ1) is 16.7. The number of benzene rings is 1. The molecule has 0 saturated carbocycles. The molecule has 1 fully saturated rings. The van der Waals surface area contributed by atoms with E-state index >= 15 is 0 Å². The minimum atomic E-state index is -1.68. The van der Waals surface area contributed by atoms with Gasteiger partial charge in [0.25, 0.3) is 5.91 Å². The zero-order valence-corrected chi connectivity index (χ0v) is 11.9. The van der Waals surface area contributed by atoms with E-state index in [0.717, 1.165) is 32.7 Å². The number of piperazine rings is 1. The first-order valence-electron chi connectivity index (χ1n) is 7.05. The van der Waals surface area contributed by atoms with Gasteiger partial charge in [0.1, 0.15) is 5.56 Å². The first-order valence-corrected chi connectivity index (χ1v) is 7.05. The van der Waals surface area contributed by atoms with Crippen LogP contribution in [0.2, 0.25) is 0 Å². The molecule has 2 rings (SSSR count). The summed E-state index contributed by atoms with van der Waals surface area (Å²) in [7, 11) is 0. The van der Waals surface area contributed by atoms with Crippen LogP contribution in [0, 0.1) is 23.3 Å². The van der Waals surface area contributed by atoms with Crippen LogP contribution in [0.3, 0.4) is 0 Å². The van der Waals surface area contributed by atoms with Crippen molar-refractivity contribution in [1.29, 1.82) is 0 Å². The van der Waals surface area contributed by atoms with E-state index in [9.17, 15) is 22.4 Å². The molecule has 1 amide bonds. The van der Waals surface area contributed by atoms with Crippen molar-refractivity contribution in [3.8, 4) is 0 Å². The highest BCUT2D eigenvalue weighted by molar-refractivity contribution is 5.94. The van der Waals surface area contributed by atoms with E-state index in [-0.39, 0.29) is 12.6 Å². The zero-order chi connectivity index (χ0) is 16.1. The minimum Gasteiger partial charge on any atom is -0.352 e. The van der Waals surface area contributed by atoms with Crippen molar-refractivity contribution in [3.05, 3.63) is 34.9 Å². The summed E-state index contributed by atoms with van der Waals surface area (Å²) in [4.78, 5) is 13.9. The van der Waals surface area contributed by atoms with Gasteiger partial charge in [-0.1, -0.05) is 0 Å². The number of carbonyl (C=O) groups is 1. The van der Waals surface area contributed by atoms with E-state index < -0.39 is 34.7 Å². The van der Waals surface area contributed by atoms with Crippen LogP contribution in [0.5, 0.6) is 0 Å². The molecule has 1 heterocycles. The predicted molar refractivity (Wildman–Crippen MR) is 72.5 cm³/mol. The Hall–Kier alpha value is -1.67. The first-order chi connectivity index (χ1) is 10.5. The molecule has 0 unspecified atom stereocenters. The number of rotatable bonds is 5. The predicted octanol–water partition coefficient (Wildman–Crippen LogP) is 1.27. The van der Waals surface area contributed by atoms with Gasteiger partial charge in [0.15, 0.2) is 23.3 Å². The molecule has 0 radical (unpaired) electrons. The van der Waals surface area contributed by atoms with Crippen molar-refractivity contribution in [2.24, 2.45) is 0 Å². The van der Waals surface area contributed by atoms with Crippen LogP contribution in [-0.4, -0.2) is 50.1 Å². The highest BCUT2D eigenvalue weighted by Crippen LogP contribution is 2.19. The molecule has 4 nitrogen and oxygen atoms in total. The Labute approximate surface area is 125 Å². The number of nitrogens with zero attached hydrogens (tertiary/aromatic N) is 1. The topological polar surface area (TPSA) is 44.4 Å². The van der Waals surface area contributed by atoms with E-state index in [1.165, 1.54) is 0 Å². The maximum absolute atomic E-state index is 13.4. The van der Waals surface area contributed by atoms with Crippen LogP contribution in [0.4, 0.5) is 17.6 Å². The average Bonchev–Trinajstić information content (AvgIpc) is 2.51. The Morgan fingerprint density at radius 2 is 1.73 bits per heavy atom. The molecular formula is C14H17F4N3O. The van der Waals surface area contributed by atoms with Gasteiger partial charge in [-0.2, -0.15) is 0 Å². The molecule has 1 aliphatic rings. The molecule has 0 aromatic heterocycles. The molecule has 0 aliphatic carbocycles. The summed E-state index contributed by atoms with van der Waals surface area (Å²) >= 11 is 0. The summed E-state index contributed by atoms with van der Waals surface area (Å²) in [5.74, 6) is -7.71. The second-order valence-corrected chi connectivity index (χ2v) is 5.04. The Balaban J connectivity index is 1.87. The number of hydrogen-bond acceptors (Lipinski definition) is 3. The van der Waals surface area contributed by atoms with E-state index in [4.69, 9.17) is 0 Å². The van der Waals surface area contributed by atoms with Crippen LogP contribution in [0.15, 0.2) is 6.07 Å². The quantitative estimate of drug-likeness (QED) is 0.488. The summed E-state index contributed by atoms with van der Waals surface area (Å²) in [5.41, 5.74) is -1.22. The highest BCUT2D eigenvalue weighted by atomic mass is 19.2. The molecule has 1 saturated heterocycles. The van der Waals surface area contributed by atoms with E-state index in [2.05, 4.69) is 15.5 Å². The van der Waals surface area contributed by atoms with E-state index in [1.54, 1.807) is 0 Å². The summed E-state index contributed by atoms with van der Waals surface area (Å²) in [6.45, 7) is 4.47. The van der Waals surface area contributed by atoms with Gasteiger partial charge >= 0.3 is 0 Å². The Bertz CT molecular complexity index is 521. The maximum Gasteiger partial charge on any atom is 0.257 e. The van der Waals surface area contributed by atoms with Gasteiger partial charge in [0.2, 0.25) is 0 Å². The monoisotopic (exact) mass is 319 g/mol. The second kappa shape index (κ2) is 7.55. The number of amides is 1. The largest absolute Gasteiger partial charge is 0.352 e. The number of nitrogens with one attached hydrogen (secondary N) is 2. The molecule has 22 heavy (non-hydrogen) atoms. The fourth-order valence-electron chi connectivity index (χ4n) is 2.30. The van der Waals surface area contributed by atoms with Crippen molar-refractivity contribution >= 4 is 5.91 Å². The van der Waals surface area contributed by atoms with Gasteiger partial charge in [-0.05, 0) is 13.0 Å². The van der Waals surface area contributed by atoms with Crippen LogP contribution in [0.25, 0.3) is 0 Å². The van der Waals surface area contributed by atoms with Crippen LogP contribution in [-0.2, 0) is 0 Å². The molecule has 8 heteroatoms. The Morgan fingerprint density at radius 1 is 1.14 bits per heavy atom. The van der Waals surface area contributed by atoms with Gasteiger partial charge in [0, 0.05) is 38.8 Å². The zero-order valence-electron chi connectivity index (χ0n) is 11.9. The van der Waals surface area contributed by atoms with Gasteiger partial charge < -0.3 is 15.5 Å². The van der Waals surface area contributed by atoms with Crippen molar-refractivity contribution in [3.63, 3.8) is 0 Å². The fourth-order valence-corrected chi connectivity index (χ4v) is 2.30.